The van der Waals surface area contributed by atoms with Gasteiger partial charge in [-0.25, -0.2) is 13.6 Å². The number of rotatable bonds is 5. The molecule has 2 aromatic carbocycles. The van der Waals surface area contributed by atoms with E-state index in [1.165, 1.54) is 25.3 Å². The van der Waals surface area contributed by atoms with Crippen molar-refractivity contribution >= 4 is 44.8 Å². The van der Waals surface area contributed by atoms with Crippen molar-refractivity contribution in [3.05, 3.63) is 51.5 Å². The molecule has 0 spiro atoms. The molecule has 0 fully saturated rings. The van der Waals surface area contributed by atoms with Crippen LogP contribution in [-0.2, 0) is 16.4 Å². The summed E-state index contributed by atoms with van der Waals surface area (Å²) in [5, 5.41) is 8.20. The van der Waals surface area contributed by atoms with Gasteiger partial charge in [0, 0.05) is 11.3 Å². The van der Waals surface area contributed by atoms with E-state index < -0.39 is 15.9 Å². The maximum Gasteiger partial charge on any atom is 0.255 e. The lowest BCUT2D eigenvalue weighted by atomic mass is 10.1. The number of nitrogens with one attached hydrogen (secondary N) is 1. The van der Waals surface area contributed by atoms with Crippen molar-refractivity contribution in [3.8, 4) is 5.75 Å². The topological polar surface area (TPSA) is 98.5 Å². The highest BCUT2D eigenvalue weighted by atomic mass is 35.5. The van der Waals surface area contributed by atoms with E-state index in [0.29, 0.717) is 12.0 Å². The van der Waals surface area contributed by atoms with E-state index in [9.17, 15) is 13.2 Å². The summed E-state index contributed by atoms with van der Waals surface area (Å²) < 4.78 is 28.4. The van der Waals surface area contributed by atoms with E-state index in [-0.39, 0.29) is 31.9 Å². The monoisotopic (exact) mass is 402 g/mol. The number of sulfonamides is 1. The van der Waals surface area contributed by atoms with Crippen molar-refractivity contribution in [2.75, 3.05) is 12.4 Å². The first-order valence-corrected chi connectivity index (χ1v) is 9.47. The number of methoxy groups -OCH3 is 1. The van der Waals surface area contributed by atoms with Gasteiger partial charge < -0.3 is 10.1 Å². The Balaban J connectivity index is 2.36. The molecule has 3 N–H and O–H groups in total. The second kappa shape index (κ2) is 7.61. The Morgan fingerprint density at radius 3 is 2.28 bits per heavy atom. The summed E-state index contributed by atoms with van der Waals surface area (Å²) >= 11 is 12.0. The summed E-state index contributed by atoms with van der Waals surface area (Å²) in [5.41, 5.74) is 1.05. The van der Waals surface area contributed by atoms with Crippen LogP contribution >= 0.6 is 23.2 Å². The minimum absolute atomic E-state index is 0.0291. The largest absolute Gasteiger partial charge is 0.494 e. The first-order valence-electron chi connectivity index (χ1n) is 7.17. The lowest BCUT2D eigenvalue weighted by Crippen LogP contribution is -2.16. The van der Waals surface area contributed by atoms with Gasteiger partial charge in [0.25, 0.3) is 5.91 Å². The Bertz CT molecular complexity index is 907. The third kappa shape index (κ3) is 4.43. The smallest absolute Gasteiger partial charge is 0.255 e. The van der Waals surface area contributed by atoms with Gasteiger partial charge >= 0.3 is 0 Å². The summed E-state index contributed by atoms with van der Waals surface area (Å²) in [5.74, 6) is -0.236. The van der Waals surface area contributed by atoms with E-state index in [4.69, 9.17) is 33.1 Å². The number of nitrogens with two attached hydrogens (primary N) is 1. The number of benzene rings is 2. The van der Waals surface area contributed by atoms with E-state index in [1.807, 2.05) is 6.92 Å². The van der Waals surface area contributed by atoms with Crippen LogP contribution in [0.1, 0.15) is 22.8 Å². The number of hydrogen-bond donors (Lipinski definition) is 2. The van der Waals surface area contributed by atoms with E-state index >= 15 is 0 Å². The highest BCUT2D eigenvalue weighted by molar-refractivity contribution is 7.89. The van der Waals surface area contributed by atoms with Gasteiger partial charge in [0.05, 0.1) is 22.1 Å². The Morgan fingerprint density at radius 2 is 1.80 bits per heavy atom. The first kappa shape index (κ1) is 19.5. The van der Waals surface area contributed by atoms with Crippen molar-refractivity contribution in [1.82, 2.24) is 0 Å². The Morgan fingerprint density at radius 1 is 1.20 bits per heavy atom. The predicted molar refractivity (Wildman–Crippen MR) is 98.2 cm³/mol. The van der Waals surface area contributed by atoms with Gasteiger partial charge in [0.2, 0.25) is 10.0 Å². The molecule has 1 amide bonds. The average Bonchev–Trinajstić information content (AvgIpc) is 2.53. The number of halogens is 2. The van der Waals surface area contributed by atoms with Crippen LogP contribution in [0, 0.1) is 0 Å². The van der Waals surface area contributed by atoms with Crippen molar-refractivity contribution in [1.29, 1.82) is 0 Å². The summed E-state index contributed by atoms with van der Waals surface area (Å²) in [6.07, 6.45) is 0.490. The standard InChI is InChI=1S/C16H16Cl2N2O4S/c1-3-9-4-5-11(8-14(9)25(19,22)23)20-16(21)10-6-12(17)15(24-2)13(18)7-10/h4-8H,3H2,1-2H3,(H,20,21)(H2,19,22,23). The maximum atomic E-state index is 12.4. The molecule has 0 bridgehead atoms. The molecule has 0 aliphatic rings. The van der Waals surface area contributed by atoms with Gasteiger partial charge in [-0.05, 0) is 36.2 Å². The summed E-state index contributed by atoms with van der Waals surface area (Å²) in [7, 11) is -2.49. The lowest BCUT2D eigenvalue weighted by molar-refractivity contribution is 0.102. The van der Waals surface area contributed by atoms with Crippen LogP contribution in [0.2, 0.25) is 10.0 Å². The molecule has 0 radical (unpaired) electrons. The van der Waals surface area contributed by atoms with Crippen LogP contribution in [0.15, 0.2) is 35.2 Å². The SMILES string of the molecule is CCc1ccc(NC(=O)c2cc(Cl)c(OC)c(Cl)c2)cc1S(N)(=O)=O. The number of aryl methyl sites for hydroxylation is 1. The van der Waals surface area contributed by atoms with Gasteiger partial charge in [-0.2, -0.15) is 0 Å². The molecule has 0 heterocycles. The van der Waals surface area contributed by atoms with Crippen LogP contribution in [-0.4, -0.2) is 21.4 Å². The molecule has 0 saturated heterocycles. The van der Waals surface area contributed by atoms with E-state index in [1.54, 1.807) is 12.1 Å². The fourth-order valence-electron chi connectivity index (χ4n) is 2.28. The fraction of sp³-hybridized carbons (Fsp3) is 0.188. The molecule has 2 aromatic rings. The zero-order valence-electron chi connectivity index (χ0n) is 13.5. The number of hydrogen-bond acceptors (Lipinski definition) is 4. The van der Waals surface area contributed by atoms with Gasteiger partial charge in [0.15, 0.2) is 5.75 Å². The molecule has 0 aromatic heterocycles. The lowest BCUT2D eigenvalue weighted by Gasteiger charge is -2.12. The highest BCUT2D eigenvalue weighted by Gasteiger charge is 2.17. The number of amides is 1. The number of carbonyl (C=O) groups excluding carboxylic acids is 1. The highest BCUT2D eigenvalue weighted by Crippen LogP contribution is 2.34. The van der Waals surface area contributed by atoms with Crippen molar-refractivity contribution in [3.63, 3.8) is 0 Å². The normalized spacial score (nSPS) is 11.2. The molecule has 9 heteroatoms. The zero-order valence-corrected chi connectivity index (χ0v) is 15.8. The Hall–Kier alpha value is -1.80. The fourth-order valence-corrected chi connectivity index (χ4v) is 3.79. The minimum Gasteiger partial charge on any atom is -0.494 e. The van der Waals surface area contributed by atoms with Gasteiger partial charge in [-0.15, -0.1) is 0 Å². The minimum atomic E-state index is -3.90. The predicted octanol–water partition coefficient (Wildman–Crippen LogP) is 3.46. The summed E-state index contributed by atoms with van der Waals surface area (Å²) in [6.45, 7) is 1.81. The quantitative estimate of drug-likeness (QED) is 0.799. The van der Waals surface area contributed by atoms with Crippen LogP contribution < -0.4 is 15.2 Å². The average molecular weight is 403 g/mol. The molecule has 6 nitrogen and oxygen atoms in total. The zero-order chi connectivity index (χ0) is 18.8. The van der Waals surface area contributed by atoms with E-state index in [2.05, 4.69) is 5.32 Å². The molecule has 0 saturated carbocycles. The van der Waals surface area contributed by atoms with Crippen molar-refractivity contribution in [2.24, 2.45) is 5.14 Å². The molecule has 2 rings (SSSR count). The Labute approximate surface area is 155 Å². The molecular formula is C16H16Cl2N2O4S. The van der Waals surface area contributed by atoms with Gasteiger partial charge in [-0.3, -0.25) is 4.79 Å². The number of carbonyl (C=O) groups is 1. The third-order valence-corrected chi connectivity index (χ3v) is 5.03. The van der Waals surface area contributed by atoms with Crippen molar-refractivity contribution < 1.29 is 17.9 Å². The molecule has 134 valence electrons. The molecule has 0 aliphatic heterocycles. The number of anilines is 1. The van der Waals surface area contributed by atoms with Crippen LogP contribution in [0.25, 0.3) is 0 Å². The van der Waals surface area contributed by atoms with Crippen LogP contribution in [0.5, 0.6) is 5.75 Å². The molecule has 25 heavy (non-hydrogen) atoms. The maximum absolute atomic E-state index is 12.4. The Kier molecular flexibility index (Phi) is 5.95. The van der Waals surface area contributed by atoms with E-state index in [0.717, 1.165) is 0 Å². The molecule has 0 aliphatic carbocycles. The first-order chi connectivity index (χ1) is 11.7. The third-order valence-electron chi connectivity index (χ3n) is 3.48. The van der Waals surface area contributed by atoms with Gasteiger partial charge in [-0.1, -0.05) is 36.2 Å². The molecule has 0 unspecified atom stereocenters. The second-order valence-corrected chi connectivity index (χ2v) is 7.49. The van der Waals surface area contributed by atoms with Crippen molar-refractivity contribution in [2.45, 2.75) is 18.2 Å². The van der Waals surface area contributed by atoms with Gasteiger partial charge in [0.1, 0.15) is 0 Å². The number of primary sulfonamides is 1. The summed E-state index contributed by atoms with van der Waals surface area (Å²) in [4.78, 5) is 12.4. The molecule has 0 atom stereocenters. The molecular weight excluding hydrogens is 387 g/mol. The van der Waals surface area contributed by atoms with Crippen LogP contribution in [0.4, 0.5) is 5.69 Å². The van der Waals surface area contributed by atoms with Crippen LogP contribution in [0.3, 0.4) is 0 Å². The number of ether oxygens (including phenoxy) is 1. The summed E-state index contributed by atoms with van der Waals surface area (Å²) in [6, 6.07) is 7.32. The second-order valence-electron chi connectivity index (χ2n) is 5.15.